The number of hydrogen-bond acceptors (Lipinski definition) is 5. The summed E-state index contributed by atoms with van der Waals surface area (Å²) in [6.07, 6.45) is 6.67. The Bertz CT molecular complexity index is 519. The van der Waals surface area contributed by atoms with Crippen molar-refractivity contribution in [1.82, 2.24) is 25.1 Å². The summed E-state index contributed by atoms with van der Waals surface area (Å²) in [6, 6.07) is 0.211. The molecule has 2 aromatic heterocycles. The van der Waals surface area contributed by atoms with Crippen molar-refractivity contribution < 1.29 is 0 Å². The maximum Gasteiger partial charge on any atom is 0.149 e. The molecule has 102 valence electrons. The van der Waals surface area contributed by atoms with Crippen LogP contribution in [0.15, 0.2) is 11.6 Å². The fourth-order valence-corrected chi connectivity index (χ4v) is 3.07. The topological polar surface area (TPSA) is 55.6 Å². The van der Waals surface area contributed by atoms with E-state index in [-0.39, 0.29) is 6.04 Å². The van der Waals surface area contributed by atoms with Crippen LogP contribution in [0.3, 0.4) is 0 Å². The van der Waals surface area contributed by atoms with E-state index in [1.54, 1.807) is 11.3 Å². The zero-order valence-corrected chi connectivity index (χ0v) is 12.0. The Morgan fingerprint density at radius 2 is 2.32 bits per heavy atom. The van der Waals surface area contributed by atoms with Crippen LogP contribution in [0.5, 0.6) is 0 Å². The number of thiazole rings is 1. The van der Waals surface area contributed by atoms with Gasteiger partial charge in [-0.25, -0.2) is 4.98 Å². The van der Waals surface area contributed by atoms with Gasteiger partial charge in [0.1, 0.15) is 16.7 Å². The van der Waals surface area contributed by atoms with Crippen molar-refractivity contribution >= 4 is 11.3 Å². The summed E-state index contributed by atoms with van der Waals surface area (Å²) in [5, 5.41) is 15.3. The van der Waals surface area contributed by atoms with Gasteiger partial charge in [0, 0.05) is 31.1 Å². The quantitative estimate of drug-likeness (QED) is 0.931. The van der Waals surface area contributed by atoms with Gasteiger partial charge >= 0.3 is 0 Å². The SMILES string of the molecule is CC(NCc1nccs1)c1nnc2n1CCCCC2. The molecule has 0 radical (unpaired) electrons. The Hall–Kier alpha value is -1.27. The monoisotopic (exact) mass is 277 g/mol. The zero-order valence-electron chi connectivity index (χ0n) is 11.2. The Morgan fingerprint density at radius 3 is 3.16 bits per heavy atom. The molecule has 1 aliphatic rings. The molecule has 1 aliphatic heterocycles. The van der Waals surface area contributed by atoms with Crippen LogP contribution in [0.4, 0.5) is 0 Å². The zero-order chi connectivity index (χ0) is 13.1. The molecule has 0 spiro atoms. The van der Waals surface area contributed by atoms with E-state index < -0.39 is 0 Å². The fourth-order valence-electron chi connectivity index (χ4n) is 2.50. The molecule has 1 unspecified atom stereocenters. The molecule has 0 amide bonds. The number of aryl methyl sites for hydroxylation is 1. The first-order chi connectivity index (χ1) is 9.34. The average Bonchev–Trinajstić information content (AvgIpc) is 3.02. The maximum absolute atomic E-state index is 4.37. The van der Waals surface area contributed by atoms with Gasteiger partial charge < -0.3 is 9.88 Å². The molecule has 0 fully saturated rings. The third-order valence-corrected chi connectivity index (χ3v) is 4.35. The van der Waals surface area contributed by atoms with Gasteiger partial charge in [0.25, 0.3) is 0 Å². The second-order valence-electron chi connectivity index (χ2n) is 4.97. The molecule has 0 saturated heterocycles. The lowest BCUT2D eigenvalue weighted by Crippen LogP contribution is -2.22. The number of rotatable bonds is 4. The molecule has 6 heteroatoms. The van der Waals surface area contributed by atoms with E-state index in [9.17, 15) is 0 Å². The summed E-state index contributed by atoms with van der Waals surface area (Å²) < 4.78 is 2.30. The van der Waals surface area contributed by atoms with E-state index in [2.05, 4.69) is 32.0 Å². The minimum Gasteiger partial charge on any atom is -0.314 e. The molecule has 3 rings (SSSR count). The van der Waals surface area contributed by atoms with Crippen LogP contribution in [0, 0.1) is 0 Å². The summed E-state index contributed by atoms with van der Waals surface area (Å²) in [6.45, 7) is 4.00. The number of nitrogens with one attached hydrogen (secondary N) is 1. The fraction of sp³-hybridized carbons (Fsp3) is 0.615. The Morgan fingerprint density at radius 1 is 1.37 bits per heavy atom. The van der Waals surface area contributed by atoms with Crippen molar-refractivity contribution in [3.05, 3.63) is 28.2 Å². The van der Waals surface area contributed by atoms with Crippen LogP contribution in [0.1, 0.15) is 48.9 Å². The Kier molecular flexibility index (Phi) is 3.89. The summed E-state index contributed by atoms with van der Waals surface area (Å²) in [5.74, 6) is 2.21. The van der Waals surface area contributed by atoms with Crippen LogP contribution in [-0.4, -0.2) is 19.7 Å². The molecule has 1 atom stereocenters. The highest BCUT2D eigenvalue weighted by molar-refractivity contribution is 7.09. The molecule has 0 aliphatic carbocycles. The lowest BCUT2D eigenvalue weighted by Gasteiger charge is -2.14. The molecular formula is C13H19N5S. The van der Waals surface area contributed by atoms with Gasteiger partial charge in [-0.05, 0) is 19.8 Å². The summed E-state index contributed by atoms with van der Waals surface area (Å²) in [7, 11) is 0. The number of nitrogens with zero attached hydrogens (tertiary/aromatic N) is 4. The molecule has 0 saturated carbocycles. The first-order valence-electron chi connectivity index (χ1n) is 6.88. The minimum atomic E-state index is 0.211. The minimum absolute atomic E-state index is 0.211. The highest BCUT2D eigenvalue weighted by Gasteiger charge is 2.18. The standard InChI is InChI=1S/C13H19N5S/c1-10(15-9-12-14-6-8-19-12)13-17-16-11-5-3-2-4-7-18(11)13/h6,8,10,15H,2-5,7,9H2,1H3. The van der Waals surface area contributed by atoms with Crippen molar-refractivity contribution in [3.63, 3.8) is 0 Å². The van der Waals surface area contributed by atoms with Gasteiger partial charge in [-0.2, -0.15) is 0 Å². The third-order valence-electron chi connectivity index (χ3n) is 3.57. The van der Waals surface area contributed by atoms with Crippen LogP contribution in [0.2, 0.25) is 0 Å². The van der Waals surface area contributed by atoms with Crippen molar-refractivity contribution in [2.24, 2.45) is 0 Å². The highest BCUT2D eigenvalue weighted by atomic mass is 32.1. The number of aromatic nitrogens is 4. The van der Waals surface area contributed by atoms with Crippen LogP contribution in [0.25, 0.3) is 0 Å². The summed E-state index contributed by atoms with van der Waals surface area (Å²) >= 11 is 1.68. The van der Waals surface area contributed by atoms with Gasteiger partial charge in [0.15, 0.2) is 0 Å². The molecule has 5 nitrogen and oxygen atoms in total. The molecule has 1 N–H and O–H groups in total. The Labute approximate surface area is 117 Å². The molecule has 2 aromatic rings. The molecule has 0 aromatic carbocycles. The second kappa shape index (κ2) is 5.79. The maximum atomic E-state index is 4.37. The largest absolute Gasteiger partial charge is 0.314 e. The van der Waals surface area contributed by atoms with Crippen LogP contribution >= 0.6 is 11.3 Å². The van der Waals surface area contributed by atoms with E-state index in [1.165, 1.54) is 19.3 Å². The van der Waals surface area contributed by atoms with Gasteiger partial charge in [0.2, 0.25) is 0 Å². The highest BCUT2D eigenvalue weighted by Crippen LogP contribution is 2.19. The Balaban J connectivity index is 1.69. The third kappa shape index (κ3) is 2.84. The van der Waals surface area contributed by atoms with Crippen molar-refractivity contribution in [2.75, 3.05) is 0 Å². The molecule has 0 bridgehead atoms. The molecule has 3 heterocycles. The summed E-state index contributed by atoms with van der Waals surface area (Å²) in [5.41, 5.74) is 0. The first-order valence-corrected chi connectivity index (χ1v) is 7.76. The lowest BCUT2D eigenvalue weighted by molar-refractivity contribution is 0.501. The van der Waals surface area contributed by atoms with E-state index in [1.807, 2.05) is 11.6 Å². The van der Waals surface area contributed by atoms with Crippen molar-refractivity contribution in [3.8, 4) is 0 Å². The van der Waals surface area contributed by atoms with E-state index in [0.717, 1.165) is 36.2 Å². The van der Waals surface area contributed by atoms with Crippen LogP contribution in [-0.2, 0) is 19.5 Å². The van der Waals surface area contributed by atoms with E-state index in [0.29, 0.717) is 0 Å². The first kappa shape index (κ1) is 12.7. The normalized spacial score (nSPS) is 16.9. The van der Waals surface area contributed by atoms with Gasteiger partial charge in [-0.15, -0.1) is 21.5 Å². The van der Waals surface area contributed by atoms with E-state index in [4.69, 9.17) is 0 Å². The van der Waals surface area contributed by atoms with Gasteiger partial charge in [0.05, 0.1) is 6.04 Å². The number of hydrogen-bond donors (Lipinski definition) is 1. The van der Waals surface area contributed by atoms with Gasteiger partial charge in [-0.3, -0.25) is 0 Å². The predicted molar refractivity (Wildman–Crippen MR) is 74.9 cm³/mol. The van der Waals surface area contributed by atoms with Crippen molar-refractivity contribution in [2.45, 2.75) is 51.7 Å². The second-order valence-corrected chi connectivity index (χ2v) is 5.94. The number of fused-ring (bicyclic) bond motifs is 1. The van der Waals surface area contributed by atoms with Gasteiger partial charge in [-0.1, -0.05) is 6.42 Å². The average molecular weight is 277 g/mol. The molecule has 19 heavy (non-hydrogen) atoms. The lowest BCUT2D eigenvalue weighted by atomic mass is 10.2. The van der Waals surface area contributed by atoms with Crippen LogP contribution < -0.4 is 5.32 Å². The smallest absolute Gasteiger partial charge is 0.149 e. The molecular weight excluding hydrogens is 258 g/mol. The van der Waals surface area contributed by atoms with Crippen molar-refractivity contribution in [1.29, 1.82) is 0 Å². The summed E-state index contributed by atoms with van der Waals surface area (Å²) in [4.78, 5) is 4.29. The van der Waals surface area contributed by atoms with E-state index >= 15 is 0 Å². The predicted octanol–water partition coefficient (Wildman–Crippen LogP) is 2.31.